The van der Waals surface area contributed by atoms with E-state index in [0.717, 1.165) is 17.3 Å². The lowest BCUT2D eigenvalue weighted by molar-refractivity contribution is -0.136. The van der Waals surface area contributed by atoms with E-state index >= 15 is 0 Å². The van der Waals surface area contributed by atoms with Crippen LogP contribution in [0.2, 0.25) is 5.02 Å². The van der Waals surface area contributed by atoms with Crippen LogP contribution < -0.4 is 9.80 Å². The van der Waals surface area contributed by atoms with Crippen molar-refractivity contribution in [1.29, 1.82) is 0 Å². The third kappa shape index (κ3) is 4.05. The molecule has 2 saturated heterocycles. The molecule has 164 valence electrons. The standard InChI is InChI=1S/C23H23ClN6O2/c24-18-3-5-19(6-4-18)30-15-17(13-22(30)31)23(32)29-11-9-28(10-12-29)21-14-20(25-16-26-21)27-7-1-2-8-27/h1-8,14,16-17H,9-13,15H2. The molecule has 8 nitrogen and oxygen atoms in total. The molecule has 32 heavy (non-hydrogen) atoms. The van der Waals surface area contributed by atoms with Gasteiger partial charge in [-0.2, -0.15) is 0 Å². The highest BCUT2D eigenvalue weighted by atomic mass is 35.5. The van der Waals surface area contributed by atoms with Crippen LogP contribution in [0.25, 0.3) is 5.82 Å². The van der Waals surface area contributed by atoms with Gasteiger partial charge in [0, 0.05) is 68.3 Å². The summed E-state index contributed by atoms with van der Waals surface area (Å²) in [5.74, 6) is 1.36. The fraction of sp³-hybridized carbons (Fsp3) is 0.304. The summed E-state index contributed by atoms with van der Waals surface area (Å²) in [5.41, 5.74) is 0.779. The molecule has 1 unspecified atom stereocenters. The Morgan fingerprint density at radius 1 is 0.969 bits per heavy atom. The minimum atomic E-state index is -0.316. The highest BCUT2D eigenvalue weighted by Gasteiger charge is 2.38. The highest BCUT2D eigenvalue weighted by molar-refractivity contribution is 6.30. The minimum Gasteiger partial charge on any atom is -0.353 e. The predicted molar refractivity (Wildman–Crippen MR) is 122 cm³/mol. The molecule has 0 bridgehead atoms. The lowest BCUT2D eigenvalue weighted by Gasteiger charge is -2.36. The molecule has 2 aliphatic rings. The number of nitrogens with zero attached hydrogens (tertiary/aromatic N) is 6. The SMILES string of the molecule is O=C(C1CC(=O)N(c2ccc(Cl)cc2)C1)N1CCN(c2cc(-n3cccc3)ncn2)CC1. The van der Waals surface area contributed by atoms with E-state index in [2.05, 4.69) is 14.9 Å². The Kier molecular flexibility index (Phi) is 5.53. The number of carbonyl (C=O) groups excluding carboxylic acids is 2. The van der Waals surface area contributed by atoms with E-state index in [1.165, 1.54) is 0 Å². The first-order valence-corrected chi connectivity index (χ1v) is 11.0. The number of carbonyl (C=O) groups is 2. The lowest BCUT2D eigenvalue weighted by Crippen LogP contribution is -2.51. The molecule has 2 aromatic heterocycles. The summed E-state index contributed by atoms with van der Waals surface area (Å²) in [6.45, 7) is 3.00. The molecule has 4 heterocycles. The summed E-state index contributed by atoms with van der Waals surface area (Å²) in [6, 6.07) is 13.0. The summed E-state index contributed by atoms with van der Waals surface area (Å²) < 4.78 is 1.94. The van der Waals surface area contributed by atoms with Crippen molar-refractivity contribution in [3.63, 3.8) is 0 Å². The van der Waals surface area contributed by atoms with Gasteiger partial charge >= 0.3 is 0 Å². The fourth-order valence-corrected chi connectivity index (χ4v) is 4.42. The van der Waals surface area contributed by atoms with E-state index in [4.69, 9.17) is 11.6 Å². The Morgan fingerprint density at radius 2 is 1.66 bits per heavy atom. The van der Waals surface area contributed by atoms with Crippen LogP contribution in [0.5, 0.6) is 0 Å². The van der Waals surface area contributed by atoms with Gasteiger partial charge < -0.3 is 19.3 Å². The molecule has 0 saturated carbocycles. The molecule has 1 aromatic carbocycles. The summed E-state index contributed by atoms with van der Waals surface area (Å²) >= 11 is 5.95. The van der Waals surface area contributed by atoms with Crippen LogP contribution in [-0.4, -0.2) is 64.0 Å². The van der Waals surface area contributed by atoms with Gasteiger partial charge in [0.2, 0.25) is 11.8 Å². The van der Waals surface area contributed by atoms with Crippen LogP contribution in [0.4, 0.5) is 11.5 Å². The minimum absolute atomic E-state index is 0.0252. The van der Waals surface area contributed by atoms with E-state index in [1.54, 1.807) is 23.4 Å². The second-order valence-electron chi connectivity index (χ2n) is 8.02. The molecule has 5 rings (SSSR count). The lowest BCUT2D eigenvalue weighted by atomic mass is 10.1. The fourth-order valence-electron chi connectivity index (χ4n) is 4.30. The quantitative estimate of drug-likeness (QED) is 0.611. The van der Waals surface area contributed by atoms with Crippen molar-refractivity contribution in [3.05, 3.63) is 66.2 Å². The third-order valence-corrected chi connectivity index (χ3v) is 6.29. The van der Waals surface area contributed by atoms with Gasteiger partial charge in [0.15, 0.2) is 0 Å². The number of hydrogen-bond acceptors (Lipinski definition) is 5. The van der Waals surface area contributed by atoms with Gasteiger partial charge in [0.05, 0.1) is 5.92 Å². The summed E-state index contributed by atoms with van der Waals surface area (Å²) in [6.07, 6.45) is 5.70. The molecular formula is C23H23ClN6O2. The third-order valence-electron chi connectivity index (χ3n) is 6.04. The number of aromatic nitrogens is 3. The van der Waals surface area contributed by atoms with Crippen LogP contribution in [0.15, 0.2) is 61.2 Å². The van der Waals surface area contributed by atoms with E-state index in [-0.39, 0.29) is 24.2 Å². The number of benzene rings is 1. The molecule has 0 radical (unpaired) electrons. The largest absolute Gasteiger partial charge is 0.353 e. The molecular weight excluding hydrogens is 428 g/mol. The molecule has 1 atom stereocenters. The first-order valence-electron chi connectivity index (χ1n) is 10.6. The van der Waals surface area contributed by atoms with Crippen LogP contribution in [0, 0.1) is 5.92 Å². The first-order chi connectivity index (χ1) is 15.6. The van der Waals surface area contributed by atoms with E-state index in [9.17, 15) is 9.59 Å². The van der Waals surface area contributed by atoms with Crippen LogP contribution >= 0.6 is 11.6 Å². The second-order valence-corrected chi connectivity index (χ2v) is 8.46. The van der Waals surface area contributed by atoms with Crippen LogP contribution in [-0.2, 0) is 9.59 Å². The highest BCUT2D eigenvalue weighted by Crippen LogP contribution is 2.28. The number of halogens is 1. The van der Waals surface area contributed by atoms with Crippen molar-refractivity contribution < 1.29 is 9.59 Å². The monoisotopic (exact) mass is 450 g/mol. The Hall–Kier alpha value is -3.39. The van der Waals surface area contributed by atoms with E-state index in [1.807, 2.05) is 52.2 Å². The summed E-state index contributed by atoms with van der Waals surface area (Å²) in [7, 11) is 0. The van der Waals surface area contributed by atoms with Gasteiger partial charge in [-0.3, -0.25) is 9.59 Å². The maximum absolute atomic E-state index is 13.1. The number of anilines is 2. The van der Waals surface area contributed by atoms with Crippen molar-refractivity contribution in [2.24, 2.45) is 5.92 Å². The molecule has 0 spiro atoms. The molecule has 0 N–H and O–H groups in total. The molecule has 9 heteroatoms. The van der Waals surface area contributed by atoms with Gasteiger partial charge in [0.1, 0.15) is 18.0 Å². The Morgan fingerprint density at radius 3 is 2.38 bits per heavy atom. The van der Waals surface area contributed by atoms with Crippen LogP contribution in [0.3, 0.4) is 0 Å². The molecule has 2 aliphatic heterocycles. The maximum atomic E-state index is 13.1. The number of rotatable bonds is 4. The second kappa shape index (κ2) is 8.63. The van der Waals surface area contributed by atoms with Crippen LogP contribution in [0.1, 0.15) is 6.42 Å². The molecule has 0 aliphatic carbocycles. The maximum Gasteiger partial charge on any atom is 0.228 e. The smallest absolute Gasteiger partial charge is 0.228 e. The Balaban J connectivity index is 1.20. The zero-order valence-electron chi connectivity index (χ0n) is 17.5. The number of hydrogen-bond donors (Lipinski definition) is 0. The van der Waals surface area contributed by atoms with Gasteiger partial charge in [-0.25, -0.2) is 9.97 Å². The normalized spacial score (nSPS) is 19.0. The first kappa shape index (κ1) is 20.5. The average molecular weight is 451 g/mol. The van der Waals surface area contributed by atoms with Crippen molar-refractivity contribution in [3.8, 4) is 5.82 Å². The van der Waals surface area contributed by atoms with E-state index in [0.29, 0.717) is 37.7 Å². The number of amides is 2. The van der Waals surface area contributed by atoms with Crippen molar-refractivity contribution in [2.45, 2.75) is 6.42 Å². The van der Waals surface area contributed by atoms with Crippen molar-refractivity contribution >= 4 is 34.9 Å². The number of piperazine rings is 1. The predicted octanol–water partition coefficient (Wildman–Crippen LogP) is 2.62. The summed E-state index contributed by atoms with van der Waals surface area (Å²) in [4.78, 5) is 40.1. The molecule has 2 fully saturated rings. The Bertz CT molecular complexity index is 1110. The topological polar surface area (TPSA) is 74.6 Å². The average Bonchev–Trinajstić information content (AvgIpc) is 3.50. The summed E-state index contributed by atoms with van der Waals surface area (Å²) in [5, 5.41) is 0.620. The zero-order valence-corrected chi connectivity index (χ0v) is 18.2. The van der Waals surface area contributed by atoms with E-state index < -0.39 is 0 Å². The Labute approximate surface area is 191 Å². The van der Waals surface area contributed by atoms with Crippen molar-refractivity contribution in [1.82, 2.24) is 19.4 Å². The van der Waals surface area contributed by atoms with Gasteiger partial charge in [-0.15, -0.1) is 0 Å². The zero-order chi connectivity index (χ0) is 22.1. The molecule has 3 aromatic rings. The van der Waals surface area contributed by atoms with Crippen molar-refractivity contribution in [2.75, 3.05) is 42.5 Å². The van der Waals surface area contributed by atoms with Gasteiger partial charge in [0.25, 0.3) is 0 Å². The van der Waals surface area contributed by atoms with Gasteiger partial charge in [-0.05, 0) is 36.4 Å². The van der Waals surface area contributed by atoms with Gasteiger partial charge in [-0.1, -0.05) is 11.6 Å². The molecule has 2 amide bonds.